The highest BCUT2D eigenvalue weighted by Gasteiger charge is 2.30. The lowest BCUT2D eigenvalue weighted by Crippen LogP contribution is -2.47. The van der Waals surface area contributed by atoms with Crippen LogP contribution in [0.15, 0.2) is 77.2 Å². The second-order valence-corrected chi connectivity index (χ2v) is 11.4. The Kier molecular flexibility index (Phi) is 7.88. The topological polar surface area (TPSA) is 73.7 Å². The van der Waals surface area contributed by atoms with Crippen molar-refractivity contribution in [2.75, 3.05) is 32.5 Å². The van der Waals surface area contributed by atoms with Crippen molar-refractivity contribution in [1.29, 1.82) is 0 Å². The van der Waals surface area contributed by atoms with Crippen LogP contribution in [-0.4, -0.2) is 70.8 Å². The molecule has 2 atom stereocenters. The van der Waals surface area contributed by atoms with E-state index in [0.29, 0.717) is 39.4 Å². The fraction of sp³-hybridized carbons (Fsp3) is 0.312. The van der Waals surface area contributed by atoms with Crippen molar-refractivity contribution >= 4 is 34.9 Å². The van der Waals surface area contributed by atoms with Crippen LogP contribution in [0.4, 0.5) is 20.4 Å². The molecular weight excluding hydrogens is 558 g/mol. The lowest BCUT2D eigenvalue weighted by Gasteiger charge is -2.36. The Morgan fingerprint density at radius 2 is 1.95 bits per heavy atom. The minimum Gasteiger partial charge on any atom is -0.337 e. The van der Waals surface area contributed by atoms with Gasteiger partial charge < -0.3 is 15.1 Å². The molecule has 0 radical (unpaired) electrons. The number of nitrogens with zero attached hydrogens (tertiary/aromatic N) is 5. The average Bonchev–Trinajstić information content (AvgIpc) is 3.14. The van der Waals surface area contributed by atoms with Gasteiger partial charge in [-0.05, 0) is 69.4 Å². The molecule has 0 saturated carbocycles. The van der Waals surface area contributed by atoms with Gasteiger partial charge in [-0.3, -0.25) is 9.79 Å². The highest BCUT2D eigenvalue weighted by atomic mass is 35.5. The molecule has 42 heavy (non-hydrogen) atoms. The molecule has 1 N–H and O–H groups in total. The monoisotopic (exact) mass is 588 g/mol. The zero-order valence-corrected chi connectivity index (χ0v) is 24.2. The van der Waals surface area contributed by atoms with Crippen LogP contribution in [0.2, 0.25) is 5.02 Å². The zero-order valence-electron chi connectivity index (χ0n) is 23.4. The summed E-state index contributed by atoms with van der Waals surface area (Å²) in [7, 11) is 4.10. The number of likely N-dealkylation sites (N-methyl/N-ethyl adjacent to an activating group) is 1. The number of halogens is 3. The minimum absolute atomic E-state index is 0.0241. The van der Waals surface area contributed by atoms with Gasteiger partial charge in [0.15, 0.2) is 0 Å². The van der Waals surface area contributed by atoms with Crippen LogP contribution < -0.4 is 5.32 Å². The number of carbonyl (C=O) groups is 1. The number of aliphatic imine (C=N–C) groups is 1. The van der Waals surface area contributed by atoms with Gasteiger partial charge in [-0.15, -0.1) is 0 Å². The van der Waals surface area contributed by atoms with Gasteiger partial charge in [-0.1, -0.05) is 23.7 Å². The molecule has 216 valence electrons. The SMILES string of the molecule is CN(C)C1CCCN(C(=O)c2ccc(Nc3ncc4c(n3)-c3ccc(Cl)cc3C(C3=C(F)C=CCC3F)=NC4)cc2)C1. The molecule has 1 amide bonds. The van der Waals surface area contributed by atoms with Gasteiger partial charge in [0.1, 0.15) is 12.0 Å². The number of anilines is 2. The first-order valence-corrected chi connectivity index (χ1v) is 14.4. The van der Waals surface area contributed by atoms with Crippen LogP contribution in [0, 0.1) is 0 Å². The molecule has 0 spiro atoms. The maximum atomic E-state index is 15.0. The van der Waals surface area contributed by atoms with Gasteiger partial charge in [0.05, 0.1) is 18.0 Å². The third-order valence-corrected chi connectivity index (χ3v) is 8.23. The minimum atomic E-state index is -1.51. The summed E-state index contributed by atoms with van der Waals surface area (Å²) in [4.78, 5) is 31.1. The standard InChI is InChI=1S/C32H31ClF2N6O/c1-40(2)23-5-4-14-41(18-23)31(42)19-8-11-22(12-9-19)38-32-37-17-20-16-36-30(28-26(34)6-3-7-27(28)35)25-15-21(33)10-13-24(25)29(20)39-32/h3,6,8-13,15,17,23,27H,4-5,7,14,16,18H2,1-2H3,(H,37,38,39). The molecule has 7 nitrogen and oxygen atoms in total. The van der Waals surface area contributed by atoms with Gasteiger partial charge in [0.2, 0.25) is 5.95 Å². The molecule has 3 heterocycles. The lowest BCUT2D eigenvalue weighted by molar-refractivity contribution is 0.0635. The van der Waals surface area contributed by atoms with Gasteiger partial charge in [-0.2, -0.15) is 0 Å². The number of allylic oxidation sites excluding steroid dienone is 4. The summed E-state index contributed by atoms with van der Waals surface area (Å²) in [6.45, 7) is 1.64. The molecule has 1 aliphatic carbocycles. The summed E-state index contributed by atoms with van der Waals surface area (Å²) in [5.74, 6) is -0.273. The van der Waals surface area contributed by atoms with E-state index in [0.717, 1.165) is 37.2 Å². The van der Waals surface area contributed by atoms with E-state index in [-0.39, 0.29) is 30.2 Å². The van der Waals surface area contributed by atoms with Crippen molar-refractivity contribution in [1.82, 2.24) is 19.8 Å². The Bertz CT molecular complexity index is 1620. The Morgan fingerprint density at radius 1 is 1.14 bits per heavy atom. The first kappa shape index (κ1) is 28.2. The highest BCUT2D eigenvalue weighted by molar-refractivity contribution is 6.31. The number of piperidine rings is 1. The predicted octanol–water partition coefficient (Wildman–Crippen LogP) is 6.53. The van der Waals surface area contributed by atoms with E-state index in [4.69, 9.17) is 16.6 Å². The Balaban J connectivity index is 1.26. The van der Waals surface area contributed by atoms with Gasteiger partial charge >= 0.3 is 0 Å². The largest absolute Gasteiger partial charge is 0.337 e. The molecule has 3 aliphatic rings. The van der Waals surface area contributed by atoms with Crippen molar-refractivity contribution in [3.63, 3.8) is 0 Å². The molecule has 1 aromatic heterocycles. The zero-order chi connectivity index (χ0) is 29.4. The predicted molar refractivity (Wildman–Crippen MR) is 162 cm³/mol. The fourth-order valence-corrected chi connectivity index (χ4v) is 5.86. The summed E-state index contributed by atoms with van der Waals surface area (Å²) in [5.41, 5.74) is 4.02. The number of rotatable bonds is 5. The van der Waals surface area contributed by atoms with Crippen molar-refractivity contribution in [2.45, 2.75) is 38.0 Å². The van der Waals surface area contributed by atoms with E-state index in [9.17, 15) is 13.6 Å². The second kappa shape index (κ2) is 11.7. The molecule has 2 aromatic carbocycles. The first-order valence-electron chi connectivity index (χ1n) is 14.0. The molecule has 2 unspecified atom stereocenters. The molecular formula is C32H31ClF2N6O. The number of alkyl halides is 1. The fourth-order valence-electron chi connectivity index (χ4n) is 5.69. The van der Waals surface area contributed by atoms with Crippen LogP contribution in [0.5, 0.6) is 0 Å². The molecule has 1 saturated heterocycles. The maximum absolute atomic E-state index is 15.0. The molecule has 1 fully saturated rings. The van der Waals surface area contributed by atoms with Crippen molar-refractivity contribution in [2.24, 2.45) is 4.99 Å². The van der Waals surface area contributed by atoms with E-state index in [1.54, 1.807) is 36.5 Å². The third kappa shape index (κ3) is 5.58. The number of nitrogens with one attached hydrogen (secondary N) is 1. The average molecular weight is 589 g/mol. The third-order valence-electron chi connectivity index (χ3n) is 8.00. The highest BCUT2D eigenvalue weighted by Crippen LogP contribution is 2.37. The molecule has 6 rings (SSSR count). The van der Waals surface area contributed by atoms with Gasteiger partial charge in [0, 0.05) is 70.3 Å². The maximum Gasteiger partial charge on any atom is 0.253 e. The normalized spacial score (nSPS) is 20.1. The number of aromatic nitrogens is 2. The summed E-state index contributed by atoms with van der Waals surface area (Å²) >= 11 is 6.33. The van der Waals surface area contributed by atoms with Crippen molar-refractivity contribution in [3.8, 4) is 11.3 Å². The smallest absolute Gasteiger partial charge is 0.253 e. The summed E-state index contributed by atoms with van der Waals surface area (Å²) in [6.07, 6.45) is 5.08. The number of carbonyl (C=O) groups excluding carboxylic acids is 1. The quantitative estimate of drug-likeness (QED) is 0.367. The van der Waals surface area contributed by atoms with Gasteiger partial charge in [-0.25, -0.2) is 18.7 Å². The first-order chi connectivity index (χ1) is 20.3. The van der Waals surface area contributed by atoms with Crippen LogP contribution >= 0.6 is 11.6 Å². The Morgan fingerprint density at radius 3 is 2.71 bits per heavy atom. The molecule has 2 aliphatic heterocycles. The number of hydrogen-bond donors (Lipinski definition) is 1. The van der Waals surface area contributed by atoms with Crippen LogP contribution in [0.3, 0.4) is 0 Å². The number of hydrogen-bond acceptors (Lipinski definition) is 6. The number of benzene rings is 2. The van der Waals surface area contributed by atoms with E-state index in [1.807, 2.05) is 17.0 Å². The van der Waals surface area contributed by atoms with E-state index in [2.05, 4.69) is 34.3 Å². The number of amides is 1. The number of likely N-dealkylation sites (tertiary alicyclic amines) is 1. The molecule has 10 heteroatoms. The van der Waals surface area contributed by atoms with Gasteiger partial charge in [0.25, 0.3) is 5.91 Å². The Labute approximate surface area is 248 Å². The second-order valence-electron chi connectivity index (χ2n) is 11.0. The van der Waals surface area contributed by atoms with Crippen LogP contribution in [0.1, 0.15) is 40.7 Å². The summed E-state index contributed by atoms with van der Waals surface area (Å²) < 4.78 is 29.8. The number of fused-ring (bicyclic) bond motifs is 3. The van der Waals surface area contributed by atoms with E-state index >= 15 is 0 Å². The Hall–Kier alpha value is -3.95. The summed E-state index contributed by atoms with van der Waals surface area (Å²) in [5, 5.41) is 3.64. The van der Waals surface area contributed by atoms with Crippen LogP contribution in [0.25, 0.3) is 11.3 Å². The van der Waals surface area contributed by atoms with E-state index < -0.39 is 12.0 Å². The van der Waals surface area contributed by atoms with Crippen LogP contribution in [-0.2, 0) is 6.54 Å². The van der Waals surface area contributed by atoms with Crippen molar-refractivity contribution < 1.29 is 13.6 Å². The summed E-state index contributed by atoms with van der Waals surface area (Å²) in [6, 6.07) is 12.8. The lowest BCUT2D eigenvalue weighted by atomic mass is 9.90. The van der Waals surface area contributed by atoms with Crippen molar-refractivity contribution in [3.05, 3.63) is 93.9 Å². The van der Waals surface area contributed by atoms with E-state index in [1.165, 1.54) is 12.2 Å². The molecule has 0 bridgehead atoms. The molecule has 3 aromatic rings.